The van der Waals surface area contributed by atoms with Crippen molar-refractivity contribution in [3.05, 3.63) is 29.2 Å². The first-order chi connectivity index (χ1) is 10.5. The monoisotopic (exact) mass is 317 g/mol. The molecule has 1 aliphatic rings. The van der Waals surface area contributed by atoms with E-state index < -0.39 is 12.0 Å². The van der Waals surface area contributed by atoms with Gasteiger partial charge < -0.3 is 9.63 Å². The Morgan fingerprint density at radius 3 is 2.82 bits per heavy atom. The van der Waals surface area contributed by atoms with Crippen LogP contribution in [0.15, 0.2) is 10.6 Å². The van der Waals surface area contributed by atoms with Gasteiger partial charge in [-0.2, -0.15) is 23.3 Å². The minimum atomic E-state index is -4.60. The van der Waals surface area contributed by atoms with Crippen LogP contribution in [-0.2, 0) is 32.4 Å². The molecule has 7 nitrogen and oxygen atoms in total. The number of halogens is 3. The highest BCUT2D eigenvalue weighted by Gasteiger charge is 2.37. The molecule has 0 aromatic carbocycles. The fraction of sp³-hybridized carbons (Fsp3) is 0.583. The van der Waals surface area contributed by atoms with Crippen LogP contribution in [0.25, 0.3) is 0 Å². The summed E-state index contributed by atoms with van der Waals surface area (Å²) in [5.41, 5.74) is 1.48. The quantitative estimate of drug-likeness (QED) is 0.916. The average molecular weight is 317 g/mol. The fourth-order valence-corrected chi connectivity index (χ4v) is 2.43. The number of alkyl halides is 3. The largest absolute Gasteiger partial charge is 0.455 e. The van der Waals surface area contributed by atoms with E-state index in [-0.39, 0.29) is 19.0 Å². The maximum atomic E-state index is 12.4. The lowest BCUT2D eigenvalue weighted by Crippen LogP contribution is -2.23. The fourth-order valence-electron chi connectivity index (χ4n) is 2.43. The maximum absolute atomic E-state index is 12.4. The molecule has 2 aromatic rings. The molecule has 3 rings (SSSR count). The molecule has 0 atom stereocenters. The van der Waals surface area contributed by atoms with Crippen LogP contribution >= 0.6 is 0 Å². The highest BCUT2D eigenvalue weighted by atomic mass is 19.4. The van der Waals surface area contributed by atoms with Crippen molar-refractivity contribution in [1.82, 2.24) is 24.8 Å². The van der Waals surface area contributed by atoms with E-state index in [1.165, 1.54) is 0 Å². The zero-order valence-corrected chi connectivity index (χ0v) is 11.5. The Morgan fingerprint density at radius 1 is 1.32 bits per heavy atom. The van der Waals surface area contributed by atoms with Gasteiger partial charge in [0.1, 0.15) is 0 Å². The standard InChI is InChI=1S/C12H14F3N5O2/c13-12(14,15)11-16-10(22-18-11)6-19-2-1-3-20-9(5-19)4-8(7-21)17-20/h4,21H,1-3,5-7H2. The number of hydrogen-bond acceptors (Lipinski definition) is 6. The van der Waals surface area contributed by atoms with Gasteiger partial charge in [0.05, 0.1) is 24.5 Å². The van der Waals surface area contributed by atoms with E-state index in [9.17, 15) is 13.2 Å². The molecule has 10 heteroatoms. The van der Waals surface area contributed by atoms with Crippen LogP contribution in [-0.4, -0.2) is 36.5 Å². The van der Waals surface area contributed by atoms with Gasteiger partial charge in [-0.3, -0.25) is 9.58 Å². The van der Waals surface area contributed by atoms with Gasteiger partial charge >= 0.3 is 6.18 Å². The highest BCUT2D eigenvalue weighted by Crippen LogP contribution is 2.26. The Morgan fingerprint density at radius 2 is 2.14 bits per heavy atom. The zero-order valence-electron chi connectivity index (χ0n) is 11.5. The Bertz CT molecular complexity index is 651. The predicted molar refractivity (Wildman–Crippen MR) is 66.2 cm³/mol. The summed E-state index contributed by atoms with van der Waals surface area (Å²) >= 11 is 0. The van der Waals surface area contributed by atoms with Gasteiger partial charge in [-0.05, 0) is 12.5 Å². The van der Waals surface area contributed by atoms with Crippen molar-refractivity contribution in [3.63, 3.8) is 0 Å². The van der Waals surface area contributed by atoms with Gasteiger partial charge in [0.25, 0.3) is 5.82 Å². The third kappa shape index (κ3) is 3.12. The minimum Gasteiger partial charge on any atom is -0.390 e. The third-order valence-electron chi connectivity index (χ3n) is 3.39. The number of aromatic nitrogens is 4. The molecule has 3 heterocycles. The van der Waals surface area contributed by atoms with E-state index >= 15 is 0 Å². The SMILES string of the molecule is OCc1cc2n(n1)CCCN(Cc1nc(C(F)(F)F)no1)C2. The van der Waals surface area contributed by atoms with Crippen LogP contribution in [0.3, 0.4) is 0 Å². The Hall–Kier alpha value is -1.94. The van der Waals surface area contributed by atoms with Crippen molar-refractivity contribution in [2.75, 3.05) is 6.54 Å². The Labute approximate surface area is 123 Å². The smallest absolute Gasteiger partial charge is 0.390 e. The van der Waals surface area contributed by atoms with E-state index in [1.807, 2.05) is 4.90 Å². The molecule has 0 bridgehead atoms. The lowest BCUT2D eigenvalue weighted by atomic mass is 10.3. The molecule has 2 aromatic heterocycles. The molecule has 0 amide bonds. The summed E-state index contributed by atoms with van der Waals surface area (Å²) < 4.78 is 43.8. The highest BCUT2D eigenvalue weighted by molar-refractivity contribution is 5.10. The van der Waals surface area contributed by atoms with Crippen molar-refractivity contribution in [2.45, 2.75) is 38.8 Å². The van der Waals surface area contributed by atoms with Crippen LogP contribution < -0.4 is 0 Å². The molecular formula is C12H14F3N5O2. The summed E-state index contributed by atoms with van der Waals surface area (Å²) in [5, 5.41) is 16.3. The van der Waals surface area contributed by atoms with Gasteiger partial charge in [-0.1, -0.05) is 5.16 Å². The van der Waals surface area contributed by atoms with Crippen LogP contribution in [0.4, 0.5) is 13.2 Å². The van der Waals surface area contributed by atoms with Crippen molar-refractivity contribution >= 4 is 0 Å². The molecule has 120 valence electrons. The van der Waals surface area contributed by atoms with Gasteiger partial charge in [-0.25, -0.2) is 0 Å². The summed E-state index contributed by atoms with van der Waals surface area (Å²) in [6, 6.07) is 1.78. The topological polar surface area (TPSA) is 80.2 Å². The van der Waals surface area contributed by atoms with Crippen LogP contribution in [0.5, 0.6) is 0 Å². The van der Waals surface area contributed by atoms with E-state index in [0.29, 0.717) is 25.3 Å². The minimum absolute atomic E-state index is 0.0670. The number of hydrogen-bond donors (Lipinski definition) is 1. The number of aryl methyl sites for hydroxylation is 1. The molecule has 0 radical (unpaired) electrons. The predicted octanol–water partition coefficient (Wildman–Crippen LogP) is 1.18. The van der Waals surface area contributed by atoms with Gasteiger partial charge in [0.15, 0.2) is 0 Å². The van der Waals surface area contributed by atoms with E-state index in [1.54, 1.807) is 10.7 Å². The van der Waals surface area contributed by atoms with Crippen molar-refractivity contribution in [1.29, 1.82) is 0 Å². The van der Waals surface area contributed by atoms with Crippen molar-refractivity contribution < 1.29 is 22.8 Å². The Kier molecular flexibility index (Phi) is 3.87. The van der Waals surface area contributed by atoms with Crippen LogP contribution in [0.1, 0.15) is 29.5 Å². The molecular weight excluding hydrogens is 303 g/mol. The summed E-state index contributed by atoms with van der Waals surface area (Å²) in [6.45, 7) is 1.88. The first-order valence-corrected chi connectivity index (χ1v) is 6.74. The molecule has 0 spiro atoms. The van der Waals surface area contributed by atoms with Gasteiger partial charge in [0.2, 0.25) is 5.89 Å². The van der Waals surface area contributed by atoms with Gasteiger partial charge in [0, 0.05) is 19.6 Å². The van der Waals surface area contributed by atoms with Crippen molar-refractivity contribution in [2.24, 2.45) is 0 Å². The second-order valence-electron chi connectivity index (χ2n) is 5.08. The first kappa shape index (κ1) is 15.0. The van der Waals surface area contributed by atoms with E-state index in [2.05, 4.69) is 19.8 Å². The Balaban J connectivity index is 1.71. The average Bonchev–Trinajstić information content (AvgIpc) is 3.02. The van der Waals surface area contributed by atoms with Crippen LogP contribution in [0.2, 0.25) is 0 Å². The summed E-state index contributed by atoms with van der Waals surface area (Å²) in [4.78, 5) is 5.29. The number of nitrogens with zero attached hydrogens (tertiary/aromatic N) is 5. The number of aliphatic hydroxyl groups excluding tert-OH is 1. The second-order valence-corrected chi connectivity index (χ2v) is 5.08. The van der Waals surface area contributed by atoms with E-state index in [4.69, 9.17) is 5.11 Å². The molecule has 0 aliphatic carbocycles. The van der Waals surface area contributed by atoms with Gasteiger partial charge in [-0.15, -0.1) is 0 Å². The second kappa shape index (κ2) is 5.69. The molecule has 0 saturated heterocycles. The lowest BCUT2D eigenvalue weighted by molar-refractivity contribution is -0.146. The molecule has 1 aliphatic heterocycles. The molecule has 0 saturated carbocycles. The summed E-state index contributed by atoms with van der Waals surface area (Å²) in [6.07, 6.45) is -3.81. The maximum Gasteiger partial charge on any atom is 0.455 e. The number of rotatable bonds is 3. The normalized spacial score (nSPS) is 16.5. The molecule has 0 unspecified atom stereocenters. The molecule has 0 fully saturated rings. The third-order valence-corrected chi connectivity index (χ3v) is 3.39. The lowest BCUT2D eigenvalue weighted by Gasteiger charge is -2.16. The summed E-state index contributed by atoms with van der Waals surface area (Å²) in [5.74, 6) is -1.33. The number of aliphatic hydroxyl groups is 1. The zero-order chi connectivity index (χ0) is 15.7. The number of fused-ring (bicyclic) bond motifs is 1. The molecule has 1 N–H and O–H groups in total. The summed E-state index contributed by atoms with van der Waals surface area (Å²) in [7, 11) is 0. The van der Waals surface area contributed by atoms with E-state index in [0.717, 1.165) is 12.1 Å². The first-order valence-electron chi connectivity index (χ1n) is 6.74. The van der Waals surface area contributed by atoms with Crippen LogP contribution in [0, 0.1) is 0 Å². The van der Waals surface area contributed by atoms with Crippen molar-refractivity contribution in [3.8, 4) is 0 Å². The molecule has 22 heavy (non-hydrogen) atoms.